The Kier molecular flexibility index (Phi) is 4.76. The van der Waals surface area contributed by atoms with Gasteiger partial charge in [-0.15, -0.1) is 0 Å². The number of nitrogens with one attached hydrogen (secondary N) is 1. The largest absolute Gasteiger partial charge is 0.497 e. The number of fused-ring (bicyclic) bond motifs is 3. The molecule has 0 amide bonds. The van der Waals surface area contributed by atoms with E-state index < -0.39 is 0 Å². The van der Waals surface area contributed by atoms with Crippen LogP contribution in [0.15, 0.2) is 35.5 Å². The van der Waals surface area contributed by atoms with Crippen molar-refractivity contribution in [3.8, 4) is 5.75 Å². The lowest BCUT2D eigenvalue weighted by molar-refractivity contribution is 0.199. The van der Waals surface area contributed by atoms with E-state index in [4.69, 9.17) is 13.9 Å². The van der Waals surface area contributed by atoms with Crippen LogP contribution in [0.25, 0.3) is 0 Å². The van der Waals surface area contributed by atoms with Crippen LogP contribution in [0.5, 0.6) is 5.75 Å². The molecule has 1 fully saturated rings. The standard InChI is InChI=1S/C18H24N4O2S/c1-23-14-3-4-16-15(11-14)19-18-20-17(7-10-22(16)18)21-8-5-13(6-9-21)12-24-25-2/h3-4,7,10-11,13,18-19H,5-6,8-9,12H2,1-2H3. The summed E-state index contributed by atoms with van der Waals surface area (Å²) in [5.41, 5.74) is 2.20. The third-order valence-corrected chi connectivity index (χ3v) is 5.40. The number of amidine groups is 1. The monoisotopic (exact) mass is 360 g/mol. The Morgan fingerprint density at radius 3 is 2.92 bits per heavy atom. The predicted molar refractivity (Wildman–Crippen MR) is 103 cm³/mol. The Balaban J connectivity index is 1.42. The zero-order valence-electron chi connectivity index (χ0n) is 14.6. The van der Waals surface area contributed by atoms with Crippen LogP contribution in [-0.2, 0) is 4.18 Å². The number of piperidine rings is 1. The summed E-state index contributed by atoms with van der Waals surface area (Å²) < 4.78 is 10.8. The molecule has 4 rings (SSSR count). The summed E-state index contributed by atoms with van der Waals surface area (Å²) in [5.74, 6) is 2.58. The Morgan fingerprint density at radius 2 is 2.16 bits per heavy atom. The first kappa shape index (κ1) is 16.6. The van der Waals surface area contributed by atoms with Gasteiger partial charge in [-0.05, 0) is 49.0 Å². The van der Waals surface area contributed by atoms with Crippen LogP contribution in [-0.4, -0.2) is 50.1 Å². The van der Waals surface area contributed by atoms with Crippen LogP contribution in [0.1, 0.15) is 12.8 Å². The Morgan fingerprint density at radius 1 is 1.32 bits per heavy atom. The van der Waals surface area contributed by atoms with E-state index in [9.17, 15) is 0 Å². The van der Waals surface area contributed by atoms with Crippen molar-refractivity contribution in [2.45, 2.75) is 19.1 Å². The van der Waals surface area contributed by atoms with E-state index in [-0.39, 0.29) is 6.29 Å². The van der Waals surface area contributed by atoms with Crippen molar-refractivity contribution in [1.29, 1.82) is 0 Å². The zero-order valence-corrected chi connectivity index (χ0v) is 15.5. The van der Waals surface area contributed by atoms with Crippen molar-refractivity contribution in [3.63, 3.8) is 0 Å². The van der Waals surface area contributed by atoms with Gasteiger partial charge in [0.15, 0.2) is 0 Å². The summed E-state index contributed by atoms with van der Waals surface area (Å²) in [5, 5.41) is 3.47. The summed E-state index contributed by atoms with van der Waals surface area (Å²) >= 11 is 1.46. The van der Waals surface area contributed by atoms with Gasteiger partial charge >= 0.3 is 0 Å². The highest BCUT2D eigenvalue weighted by molar-refractivity contribution is 7.93. The summed E-state index contributed by atoms with van der Waals surface area (Å²) in [6.07, 6.45) is 8.47. The van der Waals surface area contributed by atoms with Gasteiger partial charge < -0.3 is 24.0 Å². The minimum Gasteiger partial charge on any atom is -0.497 e. The highest BCUT2D eigenvalue weighted by Crippen LogP contribution is 2.39. The SMILES string of the molecule is COc1ccc2c(c1)NC1N=C(N3CCC(COSC)CC3)C=CN21. The van der Waals surface area contributed by atoms with E-state index >= 15 is 0 Å². The second kappa shape index (κ2) is 7.17. The summed E-state index contributed by atoms with van der Waals surface area (Å²) in [6.45, 7) is 2.94. The number of benzene rings is 1. The Bertz CT molecular complexity index is 686. The van der Waals surface area contributed by atoms with Gasteiger partial charge in [0.05, 0.1) is 25.1 Å². The van der Waals surface area contributed by atoms with E-state index in [0.29, 0.717) is 5.92 Å². The molecule has 3 aliphatic rings. The molecule has 6 nitrogen and oxygen atoms in total. The van der Waals surface area contributed by atoms with Crippen molar-refractivity contribution in [2.24, 2.45) is 10.9 Å². The fraction of sp³-hybridized carbons (Fsp3) is 0.500. The van der Waals surface area contributed by atoms with Gasteiger partial charge in [-0.3, -0.25) is 0 Å². The second-order valence-corrected chi connectivity index (χ2v) is 7.06. The van der Waals surface area contributed by atoms with E-state index in [2.05, 4.69) is 33.5 Å². The predicted octanol–water partition coefficient (Wildman–Crippen LogP) is 3.14. The highest BCUT2D eigenvalue weighted by Gasteiger charge is 2.31. The number of methoxy groups -OCH3 is 1. The lowest BCUT2D eigenvalue weighted by Gasteiger charge is -2.35. The maximum absolute atomic E-state index is 5.49. The first-order chi connectivity index (χ1) is 12.3. The Labute approximate surface area is 153 Å². The normalized spacial score (nSPS) is 22.3. The molecule has 0 bridgehead atoms. The zero-order chi connectivity index (χ0) is 17.2. The maximum Gasteiger partial charge on any atom is 0.202 e. The number of hydrogen-bond acceptors (Lipinski definition) is 7. The number of hydrogen-bond donors (Lipinski definition) is 1. The molecule has 134 valence electrons. The van der Waals surface area contributed by atoms with Crippen molar-refractivity contribution < 1.29 is 8.92 Å². The number of nitrogens with zero attached hydrogens (tertiary/aromatic N) is 3. The maximum atomic E-state index is 5.49. The summed E-state index contributed by atoms with van der Waals surface area (Å²) in [6, 6.07) is 6.08. The number of ether oxygens (including phenoxy) is 1. The molecule has 7 heteroatoms. The van der Waals surface area contributed by atoms with Gasteiger partial charge in [0.2, 0.25) is 6.29 Å². The number of anilines is 2. The minimum absolute atomic E-state index is 0.0698. The van der Waals surface area contributed by atoms with E-state index in [0.717, 1.165) is 55.5 Å². The molecule has 0 radical (unpaired) electrons. The first-order valence-corrected chi connectivity index (χ1v) is 9.83. The first-order valence-electron chi connectivity index (χ1n) is 8.68. The van der Waals surface area contributed by atoms with Gasteiger partial charge in [0, 0.05) is 31.6 Å². The summed E-state index contributed by atoms with van der Waals surface area (Å²) in [7, 11) is 1.69. The molecule has 1 saturated heterocycles. The van der Waals surface area contributed by atoms with E-state index in [1.807, 2.05) is 18.4 Å². The van der Waals surface area contributed by atoms with Crippen LogP contribution in [0.3, 0.4) is 0 Å². The van der Waals surface area contributed by atoms with Crippen molar-refractivity contribution in [1.82, 2.24) is 4.90 Å². The number of likely N-dealkylation sites (tertiary alicyclic amines) is 1. The quantitative estimate of drug-likeness (QED) is 0.833. The molecule has 1 N–H and O–H groups in total. The Hall–Kier alpha value is -1.86. The molecular formula is C18H24N4O2S. The van der Waals surface area contributed by atoms with Crippen LogP contribution in [0.2, 0.25) is 0 Å². The smallest absolute Gasteiger partial charge is 0.202 e. The van der Waals surface area contributed by atoms with Crippen LogP contribution < -0.4 is 15.0 Å². The molecule has 3 aliphatic heterocycles. The van der Waals surface area contributed by atoms with Gasteiger partial charge in [0.1, 0.15) is 11.6 Å². The number of rotatable bonds is 4. The van der Waals surface area contributed by atoms with Crippen molar-refractivity contribution in [2.75, 3.05) is 43.3 Å². The van der Waals surface area contributed by atoms with Gasteiger partial charge in [0.25, 0.3) is 0 Å². The number of aliphatic imine (C=N–C) groups is 1. The summed E-state index contributed by atoms with van der Waals surface area (Å²) in [4.78, 5) is 9.47. The molecule has 1 atom stereocenters. The third-order valence-electron chi connectivity index (χ3n) is 5.03. The fourth-order valence-corrected chi connectivity index (χ4v) is 3.90. The lowest BCUT2D eigenvalue weighted by atomic mass is 9.98. The fourth-order valence-electron chi connectivity index (χ4n) is 3.57. The molecule has 1 aromatic rings. The van der Waals surface area contributed by atoms with Gasteiger partial charge in [-0.2, -0.15) is 0 Å². The third kappa shape index (κ3) is 3.30. The molecular weight excluding hydrogens is 336 g/mol. The highest BCUT2D eigenvalue weighted by atomic mass is 32.2. The second-order valence-electron chi connectivity index (χ2n) is 6.49. The molecule has 0 spiro atoms. The molecule has 3 heterocycles. The average molecular weight is 360 g/mol. The molecule has 1 aromatic carbocycles. The van der Waals surface area contributed by atoms with Crippen LogP contribution in [0.4, 0.5) is 11.4 Å². The molecule has 0 aromatic heterocycles. The van der Waals surface area contributed by atoms with Gasteiger partial charge in [-0.25, -0.2) is 4.99 Å². The lowest BCUT2D eigenvalue weighted by Crippen LogP contribution is -2.43. The minimum atomic E-state index is -0.0698. The molecule has 1 unspecified atom stereocenters. The topological polar surface area (TPSA) is 49.3 Å². The van der Waals surface area contributed by atoms with Crippen LogP contribution >= 0.6 is 12.0 Å². The average Bonchev–Trinajstić information content (AvgIpc) is 3.03. The molecule has 0 saturated carbocycles. The van der Waals surface area contributed by atoms with Crippen molar-refractivity contribution in [3.05, 3.63) is 30.5 Å². The molecule has 0 aliphatic carbocycles. The van der Waals surface area contributed by atoms with E-state index in [1.54, 1.807) is 7.11 Å². The van der Waals surface area contributed by atoms with Gasteiger partial charge in [-0.1, -0.05) is 0 Å². The van der Waals surface area contributed by atoms with E-state index in [1.165, 1.54) is 12.0 Å². The van der Waals surface area contributed by atoms with Crippen molar-refractivity contribution >= 4 is 29.3 Å². The molecule has 25 heavy (non-hydrogen) atoms. The van der Waals surface area contributed by atoms with Crippen LogP contribution in [0, 0.1) is 5.92 Å².